The van der Waals surface area contributed by atoms with Gasteiger partial charge in [0.1, 0.15) is 18.4 Å². The molecule has 0 aliphatic heterocycles. The quantitative estimate of drug-likeness (QED) is 0.101. The molecule has 0 spiro atoms. The summed E-state index contributed by atoms with van der Waals surface area (Å²) in [6.07, 6.45) is 12.0. The van der Waals surface area contributed by atoms with Crippen molar-refractivity contribution < 1.29 is 23.5 Å². The van der Waals surface area contributed by atoms with Crippen LogP contribution < -0.4 is 0 Å². The molecule has 0 saturated heterocycles. The van der Waals surface area contributed by atoms with Gasteiger partial charge in [-0.3, -0.25) is 9.59 Å². The fourth-order valence-corrected chi connectivity index (χ4v) is 7.76. The van der Waals surface area contributed by atoms with Gasteiger partial charge in [0.05, 0.1) is 12.7 Å². The molecule has 0 bridgehead atoms. The van der Waals surface area contributed by atoms with Crippen molar-refractivity contribution in [3.63, 3.8) is 0 Å². The van der Waals surface area contributed by atoms with E-state index < -0.39 is 8.32 Å². The Morgan fingerprint density at radius 2 is 1.97 bits per heavy atom. The maximum atomic E-state index is 13.9. The lowest BCUT2D eigenvalue weighted by molar-refractivity contribution is -0.128. The molecule has 0 amide bonds. The first-order valence-corrected chi connectivity index (χ1v) is 17.4. The minimum atomic E-state index is -2.06. The van der Waals surface area contributed by atoms with Crippen molar-refractivity contribution in [2.24, 2.45) is 23.2 Å². The third-order valence-electron chi connectivity index (χ3n) is 9.64. The third kappa shape index (κ3) is 7.31. The van der Waals surface area contributed by atoms with Gasteiger partial charge in [0.25, 0.3) is 0 Å². The largest absolute Gasteiger partial charge is 0.413 e. The maximum Gasteiger partial charge on any atom is 0.192 e. The molecule has 5 atom stereocenters. The highest BCUT2D eigenvalue weighted by Gasteiger charge is 2.68. The summed E-state index contributed by atoms with van der Waals surface area (Å²) in [4.78, 5) is 26.6. The summed E-state index contributed by atoms with van der Waals surface area (Å²) in [6, 6.07) is 0. The van der Waals surface area contributed by atoms with Crippen LogP contribution in [-0.2, 0) is 23.5 Å². The predicted octanol–water partition coefficient (Wildman–Crippen LogP) is 7.41. The Bertz CT molecular complexity index is 883. The lowest BCUT2D eigenvalue weighted by Crippen LogP contribution is -2.47. The Labute approximate surface area is 226 Å². The van der Waals surface area contributed by atoms with E-state index in [1.165, 1.54) is 5.57 Å². The molecule has 0 heterocycles. The van der Waals surface area contributed by atoms with Crippen LogP contribution in [0.5, 0.6) is 0 Å². The van der Waals surface area contributed by atoms with Gasteiger partial charge in [-0.2, -0.15) is 0 Å². The molecule has 3 rings (SSSR count). The molecule has 3 aliphatic carbocycles. The van der Waals surface area contributed by atoms with Crippen LogP contribution in [0.1, 0.15) is 92.4 Å². The predicted molar refractivity (Wildman–Crippen MR) is 152 cm³/mol. The van der Waals surface area contributed by atoms with Crippen LogP contribution in [0.3, 0.4) is 0 Å². The van der Waals surface area contributed by atoms with Crippen LogP contribution in [0.4, 0.5) is 0 Å². The Hall–Kier alpha value is -1.08. The summed E-state index contributed by atoms with van der Waals surface area (Å²) in [5.41, 5.74) is 2.83. The molecule has 2 fully saturated rings. The number of fused-ring (bicyclic) bond motifs is 1. The summed E-state index contributed by atoms with van der Waals surface area (Å²) >= 11 is 0. The first-order chi connectivity index (χ1) is 17.3. The average Bonchev–Trinajstić information content (AvgIpc) is 3.47. The van der Waals surface area contributed by atoms with E-state index in [0.29, 0.717) is 31.1 Å². The van der Waals surface area contributed by atoms with Crippen LogP contribution in [0.15, 0.2) is 23.3 Å². The van der Waals surface area contributed by atoms with E-state index in [9.17, 15) is 9.59 Å². The second-order valence-corrected chi connectivity index (χ2v) is 18.3. The van der Waals surface area contributed by atoms with E-state index in [2.05, 4.69) is 52.9 Å². The standard InChI is InChI=1S/C31H52O5Si/c1-22(20-35-21-34-6)12-9-14-24(32)15-10-16-26(36-37(7,8)30(2,3)4)25-18-17-23-13-11-19-31(5)27(23)28(31)29(25)33/h12-13,25-28H,9-11,14-21H2,1-8H3/b22-12+/t25?,26?,27-,28-,31-/m0/s1. The number of carbonyl (C=O) groups excluding carboxylic acids is 2. The summed E-state index contributed by atoms with van der Waals surface area (Å²) in [5, 5.41) is 0.0825. The van der Waals surface area contributed by atoms with Crippen LogP contribution in [0.2, 0.25) is 18.1 Å². The molecule has 5 nitrogen and oxygen atoms in total. The van der Waals surface area contributed by atoms with Gasteiger partial charge in [0.2, 0.25) is 0 Å². The number of hydrogen-bond donors (Lipinski definition) is 0. The van der Waals surface area contributed by atoms with E-state index in [4.69, 9.17) is 13.9 Å². The molecule has 0 aromatic rings. The van der Waals surface area contributed by atoms with Gasteiger partial charge in [0.15, 0.2) is 8.32 Å². The van der Waals surface area contributed by atoms with E-state index >= 15 is 0 Å². The lowest BCUT2D eigenvalue weighted by Gasteiger charge is -2.41. The molecule has 2 unspecified atom stereocenters. The molecule has 3 aliphatic rings. The molecule has 210 valence electrons. The fourth-order valence-electron chi connectivity index (χ4n) is 6.37. The van der Waals surface area contributed by atoms with Crippen LogP contribution in [0.25, 0.3) is 0 Å². The molecular formula is C31H52O5Si. The van der Waals surface area contributed by atoms with Gasteiger partial charge in [-0.15, -0.1) is 0 Å². The zero-order valence-corrected chi connectivity index (χ0v) is 25.8. The Balaban J connectivity index is 1.61. The summed E-state index contributed by atoms with van der Waals surface area (Å²) in [6.45, 7) is 16.5. The van der Waals surface area contributed by atoms with Gasteiger partial charge in [-0.1, -0.05) is 51.0 Å². The molecule has 0 aromatic carbocycles. The van der Waals surface area contributed by atoms with E-state index in [1.54, 1.807) is 7.11 Å². The molecule has 0 aromatic heterocycles. The van der Waals surface area contributed by atoms with Gasteiger partial charge in [0, 0.05) is 31.8 Å². The van der Waals surface area contributed by atoms with Crippen LogP contribution in [0, 0.1) is 23.2 Å². The summed E-state index contributed by atoms with van der Waals surface area (Å²) in [5.74, 6) is 1.35. The van der Waals surface area contributed by atoms with E-state index in [-0.39, 0.29) is 41.0 Å². The SMILES string of the molecule is COCOC/C(C)=C/CCC(=O)CCCC(O[Si](C)(C)C(C)(C)C)C1CCC2=CCC[C@]3(C)[C@H](C1=O)[C@H]23. The van der Waals surface area contributed by atoms with Crippen molar-refractivity contribution in [3.8, 4) is 0 Å². The first kappa shape index (κ1) is 30.5. The van der Waals surface area contributed by atoms with Crippen molar-refractivity contribution in [1.29, 1.82) is 0 Å². The number of rotatable bonds is 14. The zero-order chi connectivity index (χ0) is 27.4. The number of ether oxygens (including phenoxy) is 2. The highest BCUT2D eigenvalue weighted by molar-refractivity contribution is 6.74. The highest BCUT2D eigenvalue weighted by atomic mass is 28.4. The van der Waals surface area contributed by atoms with Gasteiger partial charge >= 0.3 is 0 Å². The van der Waals surface area contributed by atoms with Crippen molar-refractivity contribution in [3.05, 3.63) is 23.3 Å². The Morgan fingerprint density at radius 1 is 1.24 bits per heavy atom. The van der Waals surface area contributed by atoms with Gasteiger partial charge in [-0.05, 0) is 81.3 Å². The number of ketones is 2. The second kappa shape index (κ2) is 12.4. The highest BCUT2D eigenvalue weighted by Crippen LogP contribution is 2.69. The number of hydrogen-bond acceptors (Lipinski definition) is 5. The number of allylic oxidation sites excluding steroid dienone is 3. The number of methoxy groups -OCH3 is 1. The number of Topliss-reactive ketones (excluding diaryl/α,β-unsaturated/α-hetero) is 2. The summed E-state index contributed by atoms with van der Waals surface area (Å²) in [7, 11) is -0.450. The molecular weight excluding hydrogens is 480 g/mol. The monoisotopic (exact) mass is 532 g/mol. The lowest BCUT2D eigenvalue weighted by atomic mass is 9.81. The summed E-state index contributed by atoms with van der Waals surface area (Å²) < 4.78 is 17.2. The zero-order valence-electron chi connectivity index (χ0n) is 24.8. The third-order valence-corrected chi connectivity index (χ3v) is 14.1. The second-order valence-electron chi connectivity index (χ2n) is 13.5. The normalized spacial score (nSPS) is 28.9. The van der Waals surface area contributed by atoms with Crippen molar-refractivity contribution in [2.45, 2.75) is 117 Å². The fraction of sp³-hybridized carbons (Fsp3) is 0.806. The van der Waals surface area contributed by atoms with Gasteiger partial charge < -0.3 is 13.9 Å². The average molecular weight is 533 g/mol. The van der Waals surface area contributed by atoms with Crippen molar-refractivity contribution >= 4 is 19.9 Å². The molecule has 0 radical (unpaired) electrons. The smallest absolute Gasteiger partial charge is 0.192 e. The molecule has 0 N–H and O–H groups in total. The van der Waals surface area contributed by atoms with Gasteiger partial charge in [-0.25, -0.2) is 0 Å². The van der Waals surface area contributed by atoms with Crippen molar-refractivity contribution in [2.75, 3.05) is 20.5 Å². The first-order valence-electron chi connectivity index (χ1n) is 14.5. The minimum absolute atomic E-state index is 0.0414. The Kier molecular flexibility index (Phi) is 10.2. The molecule has 37 heavy (non-hydrogen) atoms. The minimum Gasteiger partial charge on any atom is -0.413 e. The van der Waals surface area contributed by atoms with Crippen LogP contribution >= 0.6 is 0 Å². The maximum absolute atomic E-state index is 13.9. The topological polar surface area (TPSA) is 61.8 Å². The Morgan fingerprint density at radius 3 is 2.65 bits per heavy atom. The number of carbonyl (C=O) groups is 2. The van der Waals surface area contributed by atoms with E-state index in [0.717, 1.165) is 50.5 Å². The van der Waals surface area contributed by atoms with Crippen LogP contribution in [-0.4, -0.2) is 46.5 Å². The van der Waals surface area contributed by atoms with Crippen molar-refractivity contribution in [1.82, 2.24) is 0 Å². The molecule has 6 heteroatoms. The molecule has 2 saturated carbocycles. The van der Waals surface area contributed by atoms with E-state index in [1.807, 2.05) is 6.92 Å².